The average Bonchev–Trinajstić information content (AvgIpc) is 3.26. The Morgan fingerprint density at radius 3 is 2.68 bits per heavy atom. The number of nitrogen functional groups attached to an aromatic ring is 1. The molecule has 0 bridgehead atoms. The summed E-state index contributed by atoms with van der Waals surface area (Å²) < 4.78 is 39.7. The fraction of sp³-hybridized carbons (Fsp3) is 0.118. The van der Waals surface area contributed by atoms with Crippen molar-refractivity contribution in [2.45, 2.75) is 12.7 Å². The van der Waals surface area contributed by atoms with Crippen molar-refractivity contribution in [2.75, 3.05) is 5.73 Å². The maximum Gasteiger partial charge on any atom is 0.408 e. The summed E-state index contributed by atoms with van der Waals surface area (Å²) >= 11 is 0. The minimum atomic E-state index is -4.40. The van der Waals surface area contributed by atoms with Crippen LogP contribution in [0.5, 0.6) is 0 Å². The second-order valence-corrected chi connectivity index (χ2v) is 5.98. The zero-order chi connectivity index (χ0) is 19.9. The van der Waals surface area contributed by atoms with Gasteiger partial charge in [0.2, 0.25) is 0 Å². The van der Waals surface area contributed by atoms with Crippen LogP contribution in [0.25, 0.3) is 28.2 Å². The molecule has 11 heteroatoms. The van der Waals surface area contributed by atoms with Gasteiger partial charge in [-0.05, 0) is 24.3 Å². The molecule has 0 saturated carbocycles. The first-order chi connectivity index (χ1) is 13.3. The van der Waals surface area contributed by atoms with Gasteiger partial charge in [0, 0.05) is 17.4 Å². The van der Waals surface area contributed by atoms with Gasteiger partial charge >= 0.3 is 6.18 Å². The van der Waals surface area contributed by atoms with Crippen molar-refractivity contribution in [3.63, 3.8) is 0 Å². The van der Waals surface area contributed by atoms with Gasteiger partial charge in [0.15, 0.2) is 0 Å². The second-order valence-electron chi connectivity index (χ2n) is 5.98. The van der Waals surface area contributed by atoms with Crippen LogP contribution < -0.4 is 5.73 Å². The maximum absolute atomic E-state index is 12.5. The van der Waals surface area contributed by atoms with E-state index in [1.165, 1.54) is 12.4 Å². The highest BCUT2D eigenvalue weighted by atomic mass is 19.4. The molecule has 0 atom stereocenters. The van der Waals surface area contributed by atoms with E-state index < -0.39 is 12.7 Å². The summed E-state index contributed by atoms with van der Waals surface area (Å²) in [5.74, 6) is 0. The second kappa shape index (κ2) is 6.34. The number of pyridine rings is 1. The maximum atomic E-state index is 12.5. The van der Waals surface area contributed by atoms with Gasteiger partial charge < -0.3 is 5.73 Å². The summed E-state index contributed by atoms with van der Waals surface area (Å²) in [7, 11) is 0. The fourth-order valence-electron chi connectivity index (χ4n) is 2.76. The van der Waals surface area contributed by atoms with Crippen LogP contribution in [0, 0.1) is 11.3 Å². The van der Waals surface area contributed by atoms with Crippen LogP contribution in [0.3, 0.4) is 0 Å². The summed E-state index contributed by atoms with van der Waals surface area (Å²) in [6.45, 7) is -1.24. The molecule has 0 spiro atoms. The van der Waals surface area contributed by atoms with E-state index in [-0.39, 0.29) is 11.4 Å². The zero-order valence-electron chi connectivity index (χ0n) is 14.1. The Bertz CT molecular complexity index is 1220. The average molecular weight is 384 g/mol. The first-order valence-corrected chi connectivity index (χ1v) is 7.95. The molecule has 0 aliphatic rings. The molecular weight excluding hydrogens is 373 g/mol. The normalized spacial score (nSPS) is 11.6. The number of alkyl halides is 3. The van der Waals surface area contributed by atoms with Gasteiger partial charge in [-0.15, -0.1) is 5.10 Å². The quantitative estimate of drug-likeness (QED) is 0.581. The monoisotopic (exact) mass is 384 g/mol. The van der Waals surface area contributed by atoms with Crippen LogP contribution in [0.15, 0.2) is 42.9 Å². The number of aromatic nitrogens is 6. The Labute approximate surface area is 155 Å². The van der Waals surface area contributed by atoms with Gasteiger partial charge in [-0.1, -0.05) is 5.21 Å². The molecule has 140 valence electrons. The van der Waals surface area contributed by atoms with E-state index in [0.29, 0.717) is 32.7 Å². The minimum absolute atomic E-state index is 0.192. The molecule has 0 saturated heterocycles. The summed E-state index contributed by atoms with van der Waals surface area (Å²) in [5.41, 5.74) is 9.24. The Morgan fingerprint density at radius 1 is 1.14 bits per heavy atom. The van der Waals surface area contributed by atoms with E-state index in [9.17, 15) is 13.2 Å². The van der Waals surface area contributed by atoms with Crippen molar-refractivity contribution in [1.82, 2.24) is 29.6 Å². The van der Waals surface area contributed by atoms with Crippen LogP contribution in [0.2, 0.25) is 0 Å². The Balaban J connectivity index is 1.68. The van der Waals surface area contributed by atoms with Crippen LogP contribution in [-0.2, 0) is 6.54 Å². The number of hydrogen-bond donors (Lipinski definition) is 1. The number of fused-ring (bicyclic) bond motifs is 1. The van der Waals surface area contributed by atoms with Crippen LogP contribution in [0.4, 0.5) is 18.9 Å². The molecular formula is C17H11F3N8. The summed E-state index contributed by atoms with van der Waals surface area (Å²) in [5, 5.41) is 20.4. The number of anilines is 1. The van der Waals surface area contributed by atoms with Gasteiger partial charge in [0.25, 0.3) is 0 Å². The highest BCUT2D eigenvalue weighted by Gasteiger charge is 2.28. The van der Waals surface area contributed by atoms with Crippen molar-refractivity contribution in [3.05, 3.63) is 48.4 Å². The number of nitrogens with zero attached hydrogens (tertiary/aromatic N) is 7. The molecule has 0 amide bonds. The van der Waals surface area contributed by atoms with E-state index in [1.54, 1.807) is 28.8 Å². The summed E-state index contributed by atoms with van der Waals surface area (Å²) in [6, 6.07) is 8.86. The van der Waals surface area contributed by atoms with Gasteiger partial charge in [-0.3, -0.25) is 4.98 Å². The lowest BCUT2D eigenvalue weighted by molar-refractivity contribution is -0.142. The number of rotatable bonds is 3. The van der Waals surface area contributed by atoms with E-state index >= 15 is 0 Å². The van der Waals surface area contributed by atoms with Gasteiger partial charge in [-0.2, -0.15) is 23.5 Å². The molecule has 8 nitrogen and oxygen atoms in total. The van der Waals surface area contributed by atoms with Crippen molar-refractivity contribution < 1.29 is 13.2 Å². The third kappa shape index (κ3) is 3.23. The van der Waals surface area contributed by atoms with Gasteiger partial charge in [0.1, 0.15) is 18.3 Å². The Kier molecular flexibility index (Phi) is 3.96. The first kappa shape index (κ1) is 17.5. The zero-order valence-corrected chi connectivity index (χ0v) is 14.1. The van der Waals surface area contributed by atoms with Gasteiger partial charge in [0.05, 0.1) is 34.9 Å². The molecule has 0 fully saturated rings. The lowest BCUT2D eigenvalue weighted by Crippen LogP contribution is -2.17. The molecule has 0 radical (unpaired) electrons. The topological polar surface area (TPSA) is 111 Å². The predicted molar refractivity (Wildman–Crippen MR) is 92.6 cm³/mol. The van der Waals surface area contributed by atoms with E-state index in [1.807, 2.05) is 6.07 Å². The summed E-state index contributed by atoms with van der Waals surface area (Å²) in [6.07, 6.45) is -0.367. The van der Waals surface area contributed by atoms with Crippen LogP contribution in [0.1, 0.15) is 5.56 Å². The third-order valence-electron chi connectivity index (χ3n) is 3.98. The number of halogens is 3. The molecule has 28 heavy (non-hydrogen) atoms. The first-order valence-electron chi connectivity index (χ1n) is 7.95. The van der Waals surface area contributed by atoms with E-state index in [0.717, 1.165) is 6.20 Å². The highest BCUT2D eigenvalue weighted by Crippen LogP contribution is 2.28. The minimum Gasteiger partial charge on any atom is -0.398 e. The predicted octanol–water partition coefficient (Wildman–Crippen LogP) is 2.67. The smallest absolute Gasteiger partial charge is 0.398 e. The summed E-state index contributed by atoms with van der Waals surface area (Å²) in [4.78, 5) is 4.33. The number of nitriles is 1. The largest absolute Gasteiger partial charge is 0.408 e. The third-order valence-corrected chi connectivity index (χ3v) is 3.98. The van der Waals surface area contributed by atoms with Crippen LogP contribution >= 0.6 is 0 Å². The molecule has 0 aliphatic heterocycles. The lowest BCUT2D eigenvalue weighted by Gasteiger charge is -2.06. The van der Waals surface area contributed by atoms with E-state index in [4.69, 9.17) is 11.0 Å². The van der Waals surface area contributed by atoms with Crippen molar-refractivity contribution in [2.24, 2.45) is 0 Å². The van der Waals surface area contributed by atoms with Crippen molar-refractivity contribution >= 4 is 11.2 Å². The Morgan fingerprint density at radius 2 is 1.96 bits per heavy atom. The molecule has 4 rings (SSSR count). The molecule has 4 aromatic rings. The Hall–Kier alpha value is -3.94. The SMILES string of the molecule is N#Cc1cnn2c(-c3cc(N)c(-c4cn(CC(F)(F)F)nn4)cn3)ccc2c1. The standard InChI is InChI=1S/C17H11F3N8/c18-17(19,20)9-27-8-15(25-26-27)12-7-23-14(4-13(12)22)16-2-1-11-3-10(5-21)6-24-28(11)16/h1-4,6-8H,9H2,(H2,22,23). The number of hydrogen-bond acceptors (Lipinski definition) is 6. The fourth-order valence-corrected chi connectivity index (χ4v) is 2.76. The molecule has 0 aliphatic carbocycles. The number of nitrogens with two attached hydrogens (primary N) is 1. The van der Waals surface area contributed by atoms with Crippen molar-refractivity contribution in [3.8, 4) is 28.7 Å². The molecule has 4 heterocycles. The van der Waals surface area contributed by atoms with E-state index in [2.05, 4.69) is 20.4 Å². The highest BCUT2D eigenvalue weighted by molar-refractivity contribution is 5.77. The molecule has 0 unspecified atom stereocenters. The molecule has 4 aromatic heterocycles. The molecule has 2 N–H and O–H groups in total. The van der Waals surface area contributed by atoms with Crippen LogP contribution in [-0.4, -0.2) is 35.8 Å². The van der Waals surface area contributed by atoms with Crippen molar-refractivity contribution in [1.29, 1.82) is 5.26 Å². The molecule has 0 aromatic carbocycles. The lowest BCUT2D eigenvalue weighted by atomic mass is 10.1. The van der Waals surface area contributed by atoms with Gasteiger partial charge in [-0.25, -0.2) is 9.20 Å².